The Morgan fingerprint density at radius 3 is 2.59 bits per heavy atom. The lowest BCUT2D eigenvalue weighted by Crippen LogP contribution is -2.42. The molecule has 1 saturated heterocycles. The lowest BCUT2D eigenvalue weighted by atomic mass is 9.96. The van der Waals surface area contributed by atoms with Gasteiger partial charge in [0.1, 0.15) is 0 Å². The summed E-state index contributed by atoms with van der Waals surface area (Å²) in [5.41, 5.74) is 8.12. The fourth-order valence-electron chi connectivity index (χ4n) is 3.40. The van der Waals surface area contributed by atoms with Gasteiger partial charge < -0.3 is 10.6 Å². The van der Waals surface area contributed by atoms with Gasteiger partial charge in [-0.25, -0.2) is 4.98 Å². The van der Waals surface area contributed by atoms with Crippen molar-refractivity contribution in [3.63, 3.8) is 0 Å². The average molecular weight is 403 g/mol. The Balaban J connectivity index is 1.48. The van der Waals surface area contributed by atoms with E-state index in [0.717, 1.165) is 21.9 Å². The Bertz CT molecular complexity index is 987. The van der Waals surface area contributed by atoms with Gasteiger partial charge in [0.25, 0.3) is 0 Å². The smallest absolute Gasteiger partial charge is 0.228 e. The van der Waals surface area contributed by atoms with E-state index in [1.54, 1.807) is 0 Å². The number of piperidine rings is 1. The second-order valence-corrected chi connectivity index (χ2v) is 8.02. The van der Waals surface area contributed by atoms with Gasteiger partial charge in [-0.05, 0) is 25.0 Å². The molecule has 1 aliphatic heterocycles. The Morgan fingerprint density at radius 2 is 1.93 bits per heavy atom. The SMILES string of the molecule is NC(=O)C1CCN(C(=O)Cc2csc3nc(-c4ccc(Cl)cc4)cn23)CC1. The number of benzene rings is 1. The molecule has 0 aliphatic carbocycles. The van der Waals surface area contributed by atoms with E-state index in [9.17, 15) is 9.59 Å². The lowest BCUT2D eigenvalue weighted by molar-refractivity contribution is -0.134. The number of fused-ring (bicyclic) bond motifs is 1. The largest absolute Gasteiger partial charge is 0.369 e. The Labute approximate surface area is 165 Å². The maximum absolute atomic E-state index is 12.7. The third-order valence-electron chi connectivity index (χ3n) is 5.01. The van der Waals surface area contributed by atoms with E-state index in [4.69, 9.17) is 17.3 Å². The average Bonchev–Trinajstić information content (AvgIpc) is 3.24. The first-order chi connectivity index (χ1) is 13.0. The Morgan fingerprint density at radius 1 is 1.22 bits per heavy atom. The highest BCUT2D eigenvalue weighted by atomic mass is 35.5. The number of primary amides is 1. The van der Waals surface area contributed by atoms with Crippen LogP contribution in [0.15, 0.2) is 35.8 Å². The third-order valence-corrected chi connectivity index (χ3v) is 6.15. The molecule has 3 heterocycles. The first kappa shape index (κ1) is 18.0. The molecule has 1 fully saturated rings. The maximum atomic E-state index is 12.7. The molecule has 27 heavy (non-hydrogen) atoms. The fourth-order valence-corrected chi connectivity index (χ4v) is 4.40. The van der Waals surface area contributed by atoms with Crippen LogP contribution >= 0.6 is 22.9 Å². The summed E-state index contributed by atoms with van der Waals surface area (Å²) >= 11 is 7.47. The normalized spacial score (nSPS) is 15.4. The first-order valence-electron chi connectivity index (χ1n) is 8.80. The van der Waals surface area contributed by atoms with Crippen molar-refractivity contribution < 1.29 is 9.59 Å². The van der Waals surface area contributed by atoms with Crippen LogP contribution in [0.3, 0.4) is 0 Å². The number of nitrogens with zero attached hydrogens (tertiary/aromatic N) is 3. The summed E-state index contributed by atoms with van der Waals surface area (Å²) in [5.74, 6) is -0.313. The van der Waals surface area contributed by atoms with Crippen molar-refractivity contribution in [3.8, 4) is 11.3 Å². The quantitative estimate of drug-likeness (QED) is 0.728. The van der Waals surface area contributed by atoms with E-state index in [-0.39, 0.29) is 17.7 Å². The molecular formula is C19H19ClN4O2S. The molecule has 2 aromatic heterocycles. The topological polar surface area (TPSA) is 80.7 Å². The molecule has 0 spiro atoms. The van der Waals surface area contributed by atoms with Gasteiger partial charge in [0.2, 0.25) is 11.8 Å². The predicted molar refractivity (Wildman–Crippen MR) is 106 cm³/mol. The number of aromatic nitrogens is 2. The van der Waals surface area contributed by atoms with Gasteiger partial charge in [-0.1, -0.05) is 23.7 Å². The van der Waals surface area contributed by atoms with Crippen LogP contribution < -0.4 is 5.73 Å². The van der Waals surface area contributed by atoms with Crippen molar-refractivity contribution in [3.05, 3.63) is 46.6 Å². The molecule has 1 aromatic carbocycles. The monoisotopic (exact) mass is 402 g/mol. The lowest BCUT2D eigenvalue weighted by Gasteiger charge is -2.30. The number of imidazole rings is 1. The van der Waals surface area contributed by atoms with E-state index in [0.29, 0.717) is 37.4 Å². The Kier molecular flexibility index (Phi) is 4.88. The van der Waals surface area contributed by atoms with E-state index in [1.165, 1.54) is 11.3 Å². The number of likely N-dealkylation sites (tertiary alicyclic amines) is 1. The van der Waals surface area contributed by atoms with E-state index < -0.39 is 0 Å². The molecule has 2 amide bonds. The number of thiazole rings is 1. The van der Waals surface area contributed by atoms with Crippen LogP contribution in [0, 0.1) is 5.92 Å². The zero-order valence-electron chi connectivity index (χ0n) is 14.6. The minimum Gasteiger partial charge on any atom is -0.369 e. The molecule has 6 nitrogen and oxygen atoms in total. The van der Waals surface area contributed by atoms with Crippen molar-refractivity contribution >= 4 is 39.7 Å². The number of nitrogens with two attached hydrogens (primary N) is 1. The van der Waals surface area contributed by atoms with Crippen molar-refractivity contribution in [2.75, 3.05) is 13.1 Å². The summed E-state index contributed by atoms with van der Waals surface area (Å²) in [5, 5.41) is 2.66. The standard InChI is InChI=1S/C19H19ClN4O2S/c20-14-3-1-12(2-4-14)16-10-24-15(11-27-19(24)22-16)9-17(25)23-7-5-13(6-8-23)18(21)26/h1-4,10-11,13H,5-9H2,(H2,21,26). The molecule has 8 heteroatoms. The minimum absolute atomic E-state index is 0.0689. The third kappa shape index (κ3) is 3.70. The van der Waals surface area contributed by atoms with Crippen molar-refractivity contribution in [1.82, 2.24) is 14.3 Å². The second kappa shape index (κ2) is 7.32. The van der Waals surface area contributed by atoms with Crippen molar-refractivity contribution in [2.24, 2.45) is 11.7 Å². The fraction of sp³-hybridized carbons (Fsp3) is 0.316. The number of halogens is 1. The molecule has 3 aromatic rings. The van der Waals surface area contributed by atoms with Gasteiger partial charge in [-0.2, -0.15) is 0 Å². The Hall–Kier alpha value is -2.38. The molecule has 0 saturated carbocycles. The van der Waals surface area contributed by atoms with Crippen LogP contribution in [0.25, 0.3) is 16.2 Å². The van der Waals surface area contributed by atoms with Gasteiger partial charge in [-0.15, -0.1) is 11.3 Å². The highest BCUT2D eigenvalue weighted by molar-refractivity contribution is 7.15. The van der Waals surface area contributed by atoms with Gasteiger partial charge in [-0.3, -0.25) is 14.0 Å². The van der Waals surface area contributed by atoms with Crippen molar-refractivity contribution in [2.45, 2.75) is 19.3 Å². The second-order valence-electron chi connectivity index (χ2n) is 6.75. The van der Waals surface area contributed by atoms with Crippen LogP contribution in [-0.2, 0) is 16.0 Å². The molecule has 0 bridgehead atoms. The van der Waals surface area contributed by atoms with Crippen LogP contribution in [0.5, 0.6) is 0 Å². The highest BCUT2D eigenvalue weighted by Gasteiger charge is 2.26. The van der Waals surface area contributed by atoms with Crippen molar-refractivity contribution in [1.29, 1.82) is 0 Å². The number of amides is 2. The van der Waals surface area contributed by atoms with Gasteiger partial charge in [0, 0.05) is 46.9 Å². The molecular weight excluding hydrogens is 384 g/mol. The zero-order valence-corrected chi connectivity index (χ0v) is 16.2. The van der Waals surface area contributed by atoms with Gasteiger partial charge in [0.05, 0.1) is 12.1 Å². The summed E-state index contributed by atoms with van der Waals surface area (Å²) in [4.78, 5) is 31.3. The first-order valence-corrected chi connectivity index (χ1v) is 10.1. The van der Waals surface area contributed by atoms with Crippen LogP contribution in [0.4, 0.5) is 0 Å². The highest BCUT2D eigenvalue weighted by Crippen LogP contribution is 2.25. The summed E-state index contributed by atoms with van der Waals surface area (Å²) in [6.45, 7) is 1.17. The minimum atomic E-state index is -0.269. The number of carbonyl (C=O) groups excluding carboxylic acids is 2. The molecule has 4 rings (SSSR count). The van der Waals surface area contributed by atoms with E-state index in [2.05, 4.69) is 4.98 Å². The van der Waals surface area contributed by atoms with E-state index >= 15 is 0 Å². The summed E-state index contributed by atoms with van der Waals surface area (Å²) in [6, 6.07) is 7.54. The number of rotatable bonds is 4. The van der Waals surface area contributed by atoms with Crippen LogP contribution in [0.2, 0.25) is 5.02 Å². The van der Waals surface area contributed by atoms with Crippen LogP contribution in [-0.4, -0.2) is 39.2 Å². The number of hydrogen-bond acceptors (Lipinski definition) is 4. The predicted octanol–water partition coefficient (Wildman–Crippen LogP) is 2.98. The summed E-state index contributed by atoms with van der Waals surface area (Å²) < 4.78 is 1.97. The maximum Gasteiger partial charge on any atom is 0.228 e. The molecule has 0 atom stereocenters. The van der Waals surface area contributed by atoms with Gasteiger partial charge >= 0.3 is 0 Å². The summed E-state index contributed by atoms with van der Waals surface area (Å²) in [7, 11) is 0. The summed E-state index contributed by atoms with van der Waals surface area (Å²) in [6.07, 6.45) is 3.56. The molecule has 0 radical (unpaired) electrons. The van der Waals surface area contributed by atoms with Gasteiger partial charge in [0.15, 0.2) is 4.96 Å². The number of hydrogen-bond donors (Lipinski definition) is 1. The molecule has 2 N–H and O–H groups in total. The zero-order chi connectivity index (χ0) is 19.0. The molecule has 140 valence electrons. The van der Waals surface area contributed by atoms with E-state index in [1.807, 2.05) is 45.1 Å². The van der Waals surface area contributed by atoms with Crippen LogP contribution in [0.1, 0.15) is 18.5 Å². The molecule has 0 unspecified atom stereocenters. The molecule has 1 aliphatic rings. The number of carbonyl (C=O) groups is 2.